The Morgan fingerprint density at radius 1 is 1.15 bits per heavy atom. The van der Waals surface area contributed by atoms with E-state index in [1.807, 2.05) is 0 Å². The first-order valence-electron chi connectivity index (χ1n) is 8.09. The van der Waals surface area contributed by atoms with Crippen molar-refractivity contribution in [3.05, 3.63) is 40.9 Å². The molecule has 0 atom stereocenters. The summed E-state index contributed by atoms with van der Waals surface area (Å²) in [5, 5.41) is 7.33. The highest BCUT2D eigenvalue weighted by molar-refractivity contribution is 7.13. The van der Waals surface area contributed by atoms with Crippen LogP contribution in [0.15, 0.2) is 29.6 Å². The van der Waals surface area contributed by atoms with E-state index in [0.717, 1.165) is 12.1 Å². The summed E-state index contributed by atoms with van der Waals surface area (Å²) in [7, 11) is 0. The number of nitrogens with zero attached hydrogens (tertiary/aromatic N) is 1. The van der Waals surface area contributed by atoms with Crippen LogP contribution < -0.4 is 10.6 Å². The molecule has 0 radical (unpaired) electrons. The number of halogens is 3. The van der Waals surface area contributed by atoms with Crippen molar-refractivity contribution in [1.29, 1.82) is 0 Å². The van der Waals surface area contributed by atoms with E-state index in [4.69, 9.17) is 0 Å². The molecule has 146 valence electrons. The zero-order valence-corrected chi connectivity index (χ0v) is 15.2. The van der Waals surface area contributed by atoms with E-state index in [0.29, 0.717) is 16.3 Å². The van der Waals surface area contributed by atoms with Gasteiger partial charge >= 0.3 is 12.3 Å². The predicted molar refractivity (Wildman–Crippen MR) is 94.3 cm³/mol. The maximum atomic E-state index is 12.6. The van der Waals surface area contributed by atoms with E-state index >= 15 is 0 Å². The lowest BCUT2D eigenvalue weighted by molar-refractivity contribution is -0.137. The van der Waals surface area contributed by atoms with Crippen LogP contribution >= 0.6 is 11.3 Å². The summed E-state index contributed by atoms with van der Waals surface area (Å²) in [6.45, 7) is 2.43. The Morgan fingerprint density at radius 2 is 1.81 bits per heavy atom. The number of ether oxygens (including phenoxy) is 1. The third-order valence-electron chi connectivity index (χ3n) is 3.34. The van der Waals surface area contributed by atoms with Crippen LogP contribution in [0.25, 0.3) is 10.6 Å². The molecule has 0 saturated heterocycles. The molecule has 1 aromatic heterocycles. The minimum Gasteiger partial charge on any atom is -0.450 e. The molecule has 2 rings (SSSR count). The lowest BCUT2D eigenvalue weighted by Crippen LogP contribution is -2.35. The smallest absolute Gasteiger partial charge is 0.416 e. The number of alkyl carbamates (subject to hydrolysis) is 1. The van der Waals surface area contributed by atoms with E-state index in [-0.39, 0.29) is 32.0 Å². The van der Waals surface area contributed by atoms with E-state index in [2.05, 4.69) is 20.4 Å². The van der Waals surface area contributed by atoms with E-state index < -0.39 is 17.8 Å². The van der Waals surface area contributed by atoms with Gasteiger partial charge in [-0.15, -0.1) is 11.3 Å². The highest BCUT2D eigenvalue weighted by Crippen LogP contribution is 2.31. The molecule has 1 aromatic carbocycles. The first-order chi connectivity index (χ1) is 12.8. The number of carbonyl (C=O) groups excluding carboxylic acids is 2. The van der Waals surface area contributed by atoms with Gasteiger partial charge in [0.1, 0.15) is 5.01 Å². The SMILES string of the molecule is CCOC(=O)NCCNC(=O)Cc1csc(-c2ccc(C(F)(F)F)cc2)n1. The molecule has 0 saturated carbocycles. The second kappa shape index (κ2) is 9.36. The van der Waals surface area contributed by atoms with Crippen LogP contribution in [0.1, 0.15) is 18.2 Å². The van der Waals surface area contributed by atoms with Crippen molar-refractivity contribution in [2.45, 2.75) is 19.5 Å². The maximum absolute atomic E-state index is 12.6. The Balaban J connectivity index is 1.83. The number of rotatable bonds is 7. The number of thiazole rings is 1. The summed E-state index contributed by atoms with van der Waals surface area (Å²) in [4.78, 5) is 27.2. The Bertz CT molecular complexity index is 776. The monoisotopic (exact) mass is 401 g/mol. The Morgan fingerprint density at radius 3 is 2.44 bits per heavy atom. The molecule has 2 N–H and O–H groups in total. The third kappa shape index (κ3) is 6.55. The van der Waals surface area contributed by atoms with Crippen molar-refractivity contribution in [3.63, 3.8) is 0 Å². The van der Waals surface area contributed by atoms with Crippen molar-refractivity contribution < 1.29 is 27.5 Å². The molecule has 0 aliphatic carbocycles. The number of nitrogens with one attached hydrogen (secondary N) is 2. The number of aromatic nitrogens is 1. The summed E-state index contributed by atoms with van der Waals surface area (Å²) < 4.78 is 42.5. The Labute approximate surface area is 157 Å². The van der Waals surface area contributed by atoms with Crippen LogP contribution in [-0.4, -0.2) is 36.7 Å². The van der Waals surface area contributed by atoms with Gasteiger partial charge in [0.2, 0.25) is 5.91 Å². The highest BCUT2D eigenvalue weighted by atomic mass is 32.1. The lowest BCUT2D eigenvalue weighted by atomic mass is 10.1. The zero-order valence-electron chi connectivity index (χ0n) is 14.4. The lowest BCUT2D eigenvalue weighted by Gasteiger charge is -2.06. The van der Waals surface area contributed by atoms with Crippen LogP contribution in [0.2, 0.25) is 0 Å². The topological polar surface area (TPSA) is 80.3 Å². The average Bonchev–Trinajstić information content (AvgIpc) is 3.07. The van der Waals surface area contributed by atoms with Gasteiger partial charge in [-0.3, -0.25) is 4.79 Å². The summed E-state index contributed by atoms with van der Waals surface area (Å²) >= 11 is 1.25. The minimum absolute atomic E-state index is 0.0382. The highest BCUT2D eigenvalue weighted by Gasteiger charge is 2.30. The molecule has 2 aromatic rings. The molecule has 2 amide bonds. The summed E-state index contributed by atoms with van der Waals surface area (Å²) in [5.74, 6) is -0.273. The van der Waals surface area contributed by atoms with Crippen molar-refractivity contribution in [1.82, 2.24) is 15.6 Å². The molecule has 27 heavy (non-hydrogen) atoms. The number of hydrogen-bond acceptors (Lipinski definition) is 5. The van der Waals surface area contributed by atoms with E-state index in [9.17, 15) is 22.8 Å². The van der Waals surface area contributed by atoms with Crippen LogP contribution in [0, 0.1) is 0 Å². The first kappa shape index (κ1) is 20.7. The number of carbonyl (C=O) groups is 2. The molecule has 0 aliphatic rings. The molecule has 10 heteroatoms. The van der Waals surface area contributed by atoms with E-state index in [1.165, 1.54) is 23.5 Å². The molecule has 0 unspecified atom stereocenters. The summed E-state index contributed by atoms with van der Waals surface area (Å²) in [5.41, 5.74) is 0.350. The fourth-order valence-electron chi connectivity index (χ4n) is 2.10. The van der Waals surface area contributed by atoms with Gasteiger partial charge in [-0.2, -0.15) is 13.2 Å². The fourth-order valence-corrected chi connectivity index (χ4v) is 2.92. The van der Waals surface area contributed by atoms with E-state index in [1.54, 1.807) is 12.3 Å². The van der Waals surface area contributed by atoms with Gasteiger partial charge in [-0.1, -0.05) is 12.1 Å². The molecule has 0 spiro atoms. The molecule has 0 fully saturated rings. The van der Waals surface area contributed by atoms with Crippen molar-refractivity contribution >= 4 is 23.3 Å². The van der Waals surface area contributed by atoms with Gasteiger partial charge in [-0.25, -0.2) is 9.78 Å². The van der Waals surface area contributed by atoms with Gasteiger partial charge in [-0.05, 0) is 19.1 Å². The van der Waals surface area contributed by atoms with Crippen molar-refractivity contribution in [3.8, 4) is 10.6 Å². The average molecular weight is 401 g/mol. The quantitative estimate of drug-likeness (QED) is 0.698. The number of hydrogen-bond donors (Lipinski definition) is 2. The third-order valence-corrected chi connectivity index (χ3v) is 4.28. The minimum atomic E-state index is -4.38. The van der Waals surface area contributed by atoms with Crippen molar-refractivity contribution in [2.75, 3.05) is 19.7 Å². The summed E-state index contributed by atoms with van der Waals surface area (Å²) in [6.07, 6.45) is -4.89. The van der Waals surface area contributed by atoms with Gasteiger partial charge < -0.3 is 15.4 Å². The Kier molecular flexibility index (Phi) is 7.17. The molecular weight excluding hydrogens is 383 g/mol. The fraction of sp³-hybridized carbons (Fsp3) is 0.353. The normalized spacial score (nSPS) is 11.1. The van der Waals surface area contributed by atoms with Crippen LogP contribution in [0.5, 0.6) is 0 Å². The zero-order chi connectivity index (χ0) is 19.9. The molecule has 0 bridgehead atoms. The number of amides is 2. The Hall–Kier alpha value is -2.62. The predicted octanol–water partition coefficient (Wildman–Crippen LogP) is 3.23. The second-order valence-electron chi connectivity index (χ2n) is 5.39. The van der Waals surface area contributed by atoms with Gasteiger partial charge in [0.25, 0.3) is 0 Å². The van der Waals surface area contributed by atoms with Crippen LogP contribution in [-0.2, 0) is 22.1 Å². The molecule has 0 aliphatic heterocycles. The van der Waals surface area contributed by atoms with Crippen molar-refractivity contribution in [2.24, 2.45) is 0 Å². The number of benzene rings is 1. The molecule has 1 heterocycles. The largest absolute Gasteiger partial charge is 0.450 e. The standard InChI is InChI=1S/C17H18F3N3O3S/c1-2-26-16(25)22-8-7-21-14(24)9-13-10-27-15(23-13)11-3-5-12(6-4-11)17(18,19)20/h3-6,10H,2,7-9H2,1H3,(H,21,24)(H,22,25). The maximum Gasteiger partial charge on any atom is 0.416 e. The van der Waals surface area contributed by atoms with Crippen LogP contribution in [0.4, 0.5) is 18.0 Å². The summed E-state index contributed by atoms with van der Waals surface area (Å²) in [6, 6.07) is 4.71. The van der Waals surface area contributed by atoms with Gasteiger partial charge in [0.05, 0.1) is 24.3 Å². The molecule has 6 nitrogen and oxygen atoms in total. The second-order valence-corrected chi connectivity index (χ2v) is 6.25. The van der Waals surface area contributed by atoms with Gasteiger partial charge in [0.15, 0.2) is 0 Å². The number of alkyl halides is 3. The molecular formula is C17H18F3N3O3S. The first-order valence-corrected chi connectivity index (χ1v) is 8.97. The van der Waals surface area contributed by atoms with Gasteiger partial charge in [0, 0.05) is 24.0 Å². The van der Waals surface area contributed by atoms with Crippen LogP contribution in [0.3, 0.4) is 0 Å².